The molecule has 1 aliphatic heterocycles. The third-order valence-electron chi connectivity index (χ3n) is 8.38. The van der Waals surface area contributed by atoms with Crippen molar-refractivity contribution in [3.05, 3.63) is 29.6 Å². The Kier molecular flexibility index (Phi) is 5.67. The first kappa shape index (κ1) is 23.8. The summed E-state index contributed by atoms with van der Waals surface area (Å²) in [6, 6.07) is 4.18. The molecule has 8 heteroatoms. The van der Waals surface area contributed by atoms with Gasteiger partial charge in [0.1, 0.15) is 28.5 Å². The van der Waals surface area contributed by atoms with Gasteiger partial charge in [-0.15, -0.1) is 11.6 Å². The summed E-state index contributed by atoms with van der Waals surface area (Å²) in [5.41, 5.74) is -1.03. The van der Waals surface area contributed by atoms with Gasteiger partial charge in [-0.25, -0.2) is 9.18 Å². The van der Waals surface area contributed by atoms with E-state index in [-0.39, 0.29) is 29.4 Å². The van der Waals surface area contributed by atoms with Crippen LogP contribution in [0.25, 0.3) is 0 Å². The Labute approximate surface area is 195 Å². The highest BCUT2D eigenvalue weighted by atomic mass is 35.5. The Morgan fingerprint density at radius 2 is 1.97 bits per heavy atom. The van der Waals surface area contributed by atoms with Crippen LogP contribution in [-0.4, -0.2) is 43.3 Å². The Bertz CT molecular complexity index is 918. The maximum atomic E-state index is 14.4. The molecule has 1 aromatic rings. The molecule has 2 bridgehead atoms. The van der Waals surface area contributed by atoms with E-state index < -0.39 is 34.7 Å². The zero-order valence-electron chi connectivity index (χ0n) is 20.0. The maximum absolute atomic E-state index is 14.4. The van der Waals surface area contributed by atoms with Gasteiger partial charge in [0.25, 0.3) is 0 Å². The molecule has 4 fully saturated rings. The fraction of sp³-hybridized carbons (Fsp3) is 0.708. The smallest absolute Gasteiger partial charge is 0.484 e. The van der Waals surface area contributed by atoms with E-state index >= 15 is 0 Å². The van der Waals surface area contributed by atoms with Crippen LogP contribution in [0.3, 0.4) is 0 Å². The summed E-state index contributed by atoms with van der Waals surface area (Å²) in [5, 5.41) is 0. The number of methoxy groups -OCH3 is 1. The normalized spacial score (nSPS) is 32.5. The first-order valence-corrected chi connectivity index (χ1v) is 11.7. The van der Waals surface area contributed by atoms with Crippen molar-refractivity contribution in [3.63, 3.8) is 0 Å². The van der Waals surface area contributed by atoms with Gasteiger partial charge in [0.2, 0.25) is 0 Å². The van der Waals surface area contributed by atoms with Crippen LogP contribution in [-0.2, 0) is 14.0 Å². The van der Waals surface area contributed by atoms with E-state index in [4.69, 9.17) is 30.4 Å². The van der Waals surface area contributed by atoms with Gasteiger partial charge in [-0.3, -0.25) is 0 Å². The van der Waals surface area contributed by atoms with Gasteiger partial charge in [-0.1, -0.05) is 40.7 Å². The van der Waals surface area contributed by atoms with Crippen LogP contribution >= 0.6 is 11.6 Å². The van der Waals surface area contributed by atoms with Crippen molar-refractivity contribution in [3.8, 4) is 5.75 Å². The molecule has 5 atom stereocenters. The van der Waals surface area contributed by atoms with E-state index in [1.54, 1.807) is 0 Å². The second-order valence-corrected chi connectivity index (χ2v) is 12.0. The van der Waals surface area contributed by atoms with E-state index in [1.165, 1.54) is 25.3 Å². The van der Waals surface area contributed by atoms with Gasteiger partial charge < -0.3 is 18.8 Å². The summed E-state index contributed by atoms with van der Waals surface area (Å²) in [6.07, 6.45) is 2.01. The van der Waals surface area contributed by atoms with Crippen molar-refractivity contribution in [2.75, 3.05) is 13.7 Å². The molecule has 1 aromatic carbocycles. The molecule has 0 amide bonds. The number of carbonyl (C=O) groups excluding carboxylic acids is 1. The summed E-state index contributed by atoms with van der Waals surface area (Å²) < 4.78 is 36.9. The minimum Gasteiger partial charge on any atom is -0.496 e. The molecule has 32 heavy (non-hydrogen) atoms. The first-order valence-electron chi connectivity index (χ1n) is 11.3. The maximum Gasteiger partial charge on any atom is 0.484 e. The summed E-state index contributed by atoms with van der Waals surface area (Å²) in [4.78, 5) is 12.8. The molecule has 5 nitrogen and oxygen atoms in total. The standard InChI is InChI=1S/C24H33BClFO5/c1-21(2,3)24(26,13-30-20(28)19-15(27)9-8-10-16(19)29-7)25-31-18-12-14-11-17(22(14,4)5)23(18,6)32-25/h8-10,14,17-18H,11-13H2,1-7H3/t14-,17-,18?,23-,24+/m0/s1. The van der Waals surface area contributed by atoms with Crippen LogP contribution in [0.1, 0.15) is 64.7 Å². The largest absolute Gasteiger partial charge is 0.496 e. The minimum atomic E-state index is -1.17. The van der Waals surface area contributed by atoms with E-state index in [9.17, 15) is 9.18 Å². The fourth-order valence-electron chi connectivity index (χ4n) is 5.82. The molecule has 1 saturated heterocycles. The molecular weight excluding hydrogens is 434 g/mol. The lowest BCUT2D eigenvalue weighted by Crippen LogP contribution is -2.65. The Balaban J connectivity index is 1.56. The van der Waals surface area contributed by atoms with Gasteiger partial charge in [0.15, 0.2) is 0 Å². The van der Waals surface area contributed by atoms with Crippen LogP contribution < -0.4 is 4.74 Å². The third kappa shape index (κ3) is 3.38. The SMILES string of the molecule is COc1cccc(F)c1C(=O)OC[C@](Cl)(B1OC2C[C@@H]3C[C@@H](C3(C)C)[C@]2(C)O1)C(C)(C)C. The summed E-state index contributed by atoms with van der Waals surface area (Å²) >= 11 is 7.17. The van der Waals surface area contributed by atoms with Gasteiger partial charge in [0, 0.05) is 0 Å². The van der Waals surface area contributed by atoms with Crippen LogP contribution in [0.4, 0.5) is 4.39 Å². The van der Waals surface area contributed by atoms with Crippen molar-refractivity contribution in [1.29, 1.82) is 0 Å². The molecular formula is C24H33BClFO5. The second-order valence-electron chi connectivity index (χ2n) is 11.3. The Morgan fingerprint density at radius 3 is 2.56 bits per heavy atom. The van der Waals surface area contributed by atoms with Crippen LogP contribution in [0.2, 0.25) is 0 Å². The zero-order chi connectivity index (χ0) is 23.7. The van der Waals surface area contributed by atoms with Gasteiger partial charge in [-0.05, 0) is 54.6 Å². The molecule has 0 spiro atoms. The highest BCUT2D eigenvalue weighted by Crippen LogP contribution is 2.66. The number of hydrogen-bond acceptors (Lipinski definition) is 5. The van der Waals surface area contributed by atoms with Crippen molar-refractivity contribution in [2.45, 2.75) is 70.9 Å². The number of ether oxygens (including phenoxy) is 2. The topological polar surface area (TPSA) is 54.0 Å². The Morgan fingerprint density at radius 1 is 1.28 bits per heavy atom. The number of alkyl halides is 1. The fourth-order valence-corrected chi connectivity index (χ4v) is 5.97. The van der Waals surface area contributed by atoms with Crippen LogP contribution in [0.5, 0.6) is 5.75 Å². The average molecular weight is 467 g/mol. The molecule has 5 rings (SSSR count). The highest BCUT2D eigenvalue weighted by molar-refractivity contribution is 6.63. The molecule has 176 valence electrons. The second kappa shape index (κ2) is 7.61. The first-order chi connectivity index (χ1) is 14.8. The highest BCUT2D eigenvalue weighted by Gasteiger charge is 2.71. The lowest BCUT2D eigenvalue weighted by Gasteiger charge is -2.64. The summed E-state index contributed by atoms with van der Waals surface area (Å²) in [7, 11) is 0.617. The molecule has 0 radical (unpaired) electrons. The van der Waals surface area contributed by atoms with Crippen molar-refractivity contribution >= 4 is 24.7 Å². The third-order valence-corrected chi connectivity index (χ3v) is 9.24. The number of carbonyl (C=O) groups is 1. The van der Waals surface area contributed by atoms with Gasteiger partial charge in [0.05, 0.1) is 18.8 Å². The summed E-state index contributed by atoms with van der Waals surface area (Å²) in [5.74, 6) is -0.438. The molecule has 0 aromatic heterocycles. The predicted molar refractivity (Wildman–Crippen MR) is 121 cm³/mol. The Hall–Kier alpha value is -1.31. The minimum absolute atomic E-state index is 0.0490. The lowest BCUT2D eigenvalue weighted by atomic mass is 9.43. The van der Waals surface area contributed by atoms with Gasteiger partial charge in [-0.2, -0.15) is 0 Å². The molecule has 0 N–H and O–H groups in total. The van der Waals surface area contributed by atoms with Crippen molar-refractivity contribution in [1.82, 2.24) is 0 Å². The quantitative estimate of drug-likeness (QED) is 0.336. The summed E-state index contributed by atoms with van der Waals surface area (Å²) in [6.45, 7) is 12.4. The van der Waals surface area contributed by atoms with Crippen LogP contribution in [0.15, 0.2) is 18.2 Å². The van der Waals surface area contributed by atoms with Gasteiger partial charge >= 0.3 is 13.1 Å². The molecule has 1 heterocycles. The number of halogens is 2. The number of rotatable bonds is 5. The molecule has 3 aliphatic carbocycles. The van der Waals surface area contributed by atoms with E-state index in [1.807, 2.05) is 20.8 Å². The zero-order valence-corrected chi connectivity index (χ0v) is 20.7. The molecule has 3 saturated carbocycles. The predicted octanol–water partition coefficient (Wildman–Crippen LogP) is 5.28. The van der Waals surface area contributed by atoms with Crippen LogP contribution in [0, 0.1) is 28.5 Å². The number of esters is 1. The van der Waals surface area contributed by atoms with E-state index in [0.29, 0.717) is 11.8 Å². The lowest BCUT2D eigenvalue weighted by molar-refractivity contribution is -0.199. The molecule has 1 unspecified atom stereocenters. The average Bonchev–Trinajstić information content (AvgIpc) is 3.07. The number of hydrogen-bond donors (Lipinski definition) is 0. The van der Waals surface area contributed by atoms with E-state index in [0.717, 1.165) is 12.8 Å². The monoisotopic (exact) mass is 466 g/mol. The number of benzene rings is 1. The van der Waals surface area contributed by atoms with Crippen molar-refractivity contribution in [2.24, 2.45) is 22.7 Å². The van der Waals surface area contributed by atoms with E-state index in [2.05, 4.69) is 20.8 Å². The molecule has 4 aliphatic rings. The van der Waals surface area contributed by atoms with Crippen molar-refractivity contribution < 1.29 is 28.0 Å².